The first kappa shape index (κ1) is 16.2. The predicted molar refractivity (Wildman–Crippen MR) is 88.2 cm³/mol. The van der Waals surface area contributed by atoms with Crippen molar-refractivity contribution in [2.45, 2.75) is 6.10 Å². The van der Waals surface area contributed by atoms with Gasteiger partial charge in [-0.2, -0.15) is 0 Å². The van der Waals surface area contributed by atoms with Gasteiger partial charge >= 0.3 is 0 Å². The van der Waals surface area contributed by atoms with E-state index < -0.39 is 6.10 Å². The number of halogens is 3. The Labute approximate surface area is 138 Å². The lowest BCUT2D eigenvalue weighted by Crippen LogP contribution is -2.20. The maximum atomic E-state index is 9.40. The minimum atomic E-state index is -0.604. The van der Waals surface area contributed by atoms with Gasteiger partial charge in [0.2, 0.25) is 0 Å². The Balaban J connectivity index is 2.05. The molecule has 2 aromatic carbocycles. The van der Waals surface area contributed by atoms with Gasteiger partial charge in [0.05, 0.1) is 17.0 Å². The van der Waals surface area contributed by atoms with Gasteiger partial charge in [-0.25, -0.2) is 0 Å². The largest absolute Gasteiger partial charge is 0.456 e. The summed E-state index contributed by atoms with van der Waals surface area (Å²) in [6.07, 6.45) is -0.604. The van der Waals surface area contributed by atoms with E-state index in [1.165, 1.54) is 0 Å². The second kappa shape index (κ2) is 7.76. The summed E-state index contributed by atoms with van der Waals surface area (Å²) < 4.78 is 5.68. The predicted octanol–water partition coefficient (Wildman–Crippen LogP) is 4.80. The molecule has 0 radical (unpaired) electrons. The molecule has 0 saturated heterocycles. The number of hydrogen-bond acceptors (Lipinski definition) is 3. The van der Waals surface area contributed by atoms with E-state index in [-0.39, 0.29) is 5.88 Å². The molecular weight excluding hydrogens is 333 g/mol. The summed E-state index contributed by atoms with van der Waals surface area (Å²) in [5.41, 5.74) is 0.780. The Kier molecular flexibility index (Phi) is 6.00. The Morgan fingerprint density at radius 1 is 1.14 bits per heavy atom. The minimum Gasteiger partial charge on any atom is -0.456 e. The summed E-state index contributed by atoms with van der Waals surface area (Å²) in [7, 11) is 0. The molecule has 0 heterocycles. The third-order valence-corrected chi connectivity index (χ3v) is 3.56. The average molecular weight is 347 g/mol. The lowest BCUT2D eigenvalue weighted by molar-refractivity contribution is 0.211. The van der Waals surface area contributed by atoms with Crippen molar-refractivity contribution in [3.63, 3.8) is 0 Å². The van der Waals surface area contributed by atoms with E-state index in [2.05, 4.69) is 5.32 Å². The van der Waals surface area contributed by atoms with Gasteiger partial charge in [-0.15, -0.1) is 11.6 Å². The fourth-order valence-electron chi connectivity index (χ4n) is 1.64. The minimum absolute atomic E-state index is 0.177. The first-order valence-electron chi connectivity index (χ1n) is 6.29. The molecule has 0 aromatic heterocycles. The molecule has 0 aliphatic carbocycles. The fourth-order valence-corrected chi connectivity index (χ4v) is 2.15. The van der Waals surface area contributed by atoms with E-state index in [0.29, 0.717) is 28.1 Å². The molecule has 0 saturated carbocycles. The first-order chi connectivity index (χ1) is 10.1. The molecule has 3 nitrogen and oxygen atoms in total. The lowest BCUT2D eigenvalue weighted by Gasteiger charge is -2.12. The molecule has 0 bridgehead atoms. The number of benzene rings is 2. The van der Waals surface area contributed by atoms with Crippen molar-refractivity contribution in [1.29, 1.82) is 0 Å². The van der Waals surface area contributed by atoms with Crippen LogP contribution in [-0.4, -0.2) is 23.6 Å². The number of ether oxygens (including phenoxy) is 1. The zero-order valence-electron chi connectivity index (χ0n) is 11.0. The van der Waals surface area contributed by atoms with Crippen molar-refractivity contribution >= 4 is 40.5 Å². The van der Waals surface area contributed by atoms with E-state index in [4.69, 9.17) is 39.5 Å². The molecule has 112 valence electrons. The van der Waals surface area contributed by atoms with Crippen LogP contribution in [0.3, 0.4) is 0 Å². The molecule has 0 amide bonds. The molecule has 0 fully saturated rings. The molecule has 1 atom stereocenters. The van der Waals surface area contributed by atoms with Gasteiger partial charge in [0.15, 0.2) is 0 Å². The maximum absolute atomic E-state index is 9.40. The van der Waals surface area contributed by atoms with Crippen molar-refractivity contribution < 1.29 is 9.84 Å². The van der Waals surface area contributed by atoms with Crippen LogP contribution >= 0.6 is 34.8 Å². The highest BCUT2D eigenvalue weighted by Crippen LogP contribution is 2.32. The third kappa shape index (κ3) is 4.97. The van der Waals surface area contributed by atoms with Crippen molar-refractivity contribution in [3.8, 4) is 11.5 Å². The first-order valence-corrected chi connectivity index (χ1v) is 7.58. The lowest BCUT2D eigenvalue weighted by atomic mass is 10.2. The number of aliphatic hydroxyl groups excluding tert-OH is 1. The highest BCUT2D eigenvalue weighted by molar-refractivity contribution is 6.32. The van der Waals surface area contributed by atoms with Crippen molar-refractivity contribution in [3.05, 3.63) is 52.5 Å². The fraction of sp³-hybridized carbons (Fsp3) is 0.200. The molecule has 0 spiro atoms. The van der Waals surface area contributed by atoms with E-state index in [0.717, 1.165) is 5.69 Å². The topological polar surface area (TPSA) is 41.5 Å². The number of anilines is 1. The summed E-state index contributed by atoms with van der Waals surface area (Å²) in [6, 6.07) is 12.4. The van der Waals surface area contributed by atoms with Crippen LogP contribution in [0.5, 0.6) is 11.5 Å². The standard InChI is InChI=1S/C15H14Cl3NO2/c16-8-12(20)9-19-11-4-5-15(14(18)7-11)21-13-3-1-2-10(17)6-13/h1-7,12,19-20H,8-9H2. The summed E-state index contributed by atoms with van der Waals surface area (Å²) in [6.45, 7) is 0.355. The summed E-state index contributed by atoms with van der Waals surface area (Å²) in [5, 5.41) is 13.5. The molecule has 2 N–H and O–H groups in total. The Bertz CT molecular complexity index is 607. The van der Waals surface area contributed by atoms with E-state index in [9.17, 15) is 5.11 Å². The molecule has 21 heavy (non-hydrogen) atoms. The van der Waals surface area contributed by atoms with Crippen LogP contribution in [0.1, 0.15) is 0 Å². The summed E-state index contributed by atoms with van der Waals surface area (Å²) >= 11 is 17.6. The zero-order chi connectivity index (χ0) is 15.2. The van der Waals surface area contributed by atoms with Crippen LogP contribution in [-0.2, 0) is 0 Å². The maximum Gasteiger partial charge on any atom is 0.146 e. The third-order valence-electron chi connectivity index (χ3n) is 2.68. The second-order valence-electron chi connectivity index (χ2n) is 4.39. The van der Waals surface area contributed by atoms with Crippen LogP contribution in [0.25, 0.3) is 0 Å². The molecule has 2 rings (SSSR count). The van der Waals surface area contributed by atoms with E-state index in [1.807, 2.05) is 6.07 Å². The number of aliphatic hydroxyl groups is 1. The van der Waals surface area contributed by atoms with Crippen LogP contribution in [0.15, 0.2) is 42.5 Å². The number of rotatable bonds is 6. The molecule has 2 aromatic rings. The molecule has 0 aliphatic rings. The number of hydrogen-bond donors (Lipinski definition) is 2. The van der Waals surface area contributed by atoms with Crippen LogP contribution in [0, 0.1) is 0 Å². The summed E-state index contributed by atoms with van der Waals surface area (Å²) in [5.74, 6) is 1.32. The van der Waals surface area contributed by atoms with Gasteiger partial charge in [0, 0.05) is 17.3 Å². The van der Waals surface area contributed by atoms with Gasteiger partial charge in [0.25, 0.3) is 0 Å². The van der Waals surface area contributed by atoms with Crippen molar-refractivity contribution in [1.82, 2.24) is 0 Å². The van der Waals surface area contributed by atoms with Gasteiger partial charge in [-0.05, 0) is 36.4 Å². The number of nitrogens with one attached hydrogen (secondary N) is 1. The smallest absolute Gasteiger partial charge is 0.146 e. The normalized spacial score (nSPS) is 12.0. The van der Waals surface area contributed by atoms with E-state index in [1.54, 1.807) is 36.4 Å². The van der Waals surface area contributed by atoms with Crippen LogP contribution in [0.2, 0.25) is 10.0 Å². The Hall–Kier alpha value is -1.13. The monoisotopic (exact) mass is 345 g/mol. The van der Waals surface area contributed by atoms with E-state index >= 15 is 0 Å². The molecule has 0 aliphatic heterocycles. The van der Waals surface area contributed by atoms with Crippen LogP contribution in [0.4, 0.5) is 5.69 Å². The average Bonchev–Trinajstić information content (AvgIpc) is 2.47. The van der Waals surface area contributed by atoms with Gasteiger partial charge < -0.3 is 15.2 Å². The Morgan fingerprint density at radius 3 is 2.62 bits per heavy atom. The van der Waals surface area contributed by atoms with Crippen LogP contribution < -0.4 is 10.1 Å². The Morgan fingerprint density at radius 2 is 1.95 bits per heavy atom. The zero-order valence-corrected chi connectivity index (χ0v) is 13.3. The number of alkyl halides is 1. The highest BCUT2D eigenvalue weighted by atomic mass is 35.5. The highest BCUT2D eigenvalue weighted by Gasteiger charge is 2.06. The quantitative estimate of drug-likeness (QED) is 0.738. The van der Waals surface area contributed by atoms with Gasteiger partial charge in [-0.3, -0.25) is 0 Å². The van der Waals surface area contributed by atoms with Crippen molar-refractivity contribution in [2.75, 3.05) is 17.7 Å². The molecule has 1 unspecified atom stereocenters. The summed E-state index contributed by atoms with van der Waals surface area (Å²) in [4.78, 5) is 0. The molecule has 6 heteroatoms. The SMILES string of the molecule is OC(CCl)CNc1ccc(Oc2cccc(Cl)c2)c(Cl)c1. The van der Waals surface area contributed by atoms with Gasteiger partial charge in [0.1, 0.15) is 11.5 Å². The second-order valence-corrected chi connectivity index (χ2v) is 5.55. The van der Waals surface area contributed by atoms with Crippen molar-refractivity contribution in [2.24, 2.45) is 0 Å². The molecular formula is C15H14Cl3NO2. The van der Waals surface area contributed by atoms with Gasteiger partial charge in [-0.1, -0.05) is 29.3 Å².